The van der Waals surface area contributed by atoms with Crippen LogP contribution in [0.15, 0.2) is 17.5 Å². The lowest BCUT2D eigenvalue weighted by atomic mass is 10.2. The number of thiazole rings is 1. The van der Waals surface area contributed by atoms with Gasteiger partial charge in [-0.3, -0.25) is 0 Å². The van der Waals surface area contributed by atoms with Gasteiger partial charge in [-0.2, -0.15) is 0 Å². The number of nitrogens with zero attached hydrogens (tertiary/aromatic N) is 1. The molecule has 2 aromatic heterocycles. The molecule has 2 N–H and O–H groups in total. The molecule has 0 aliphatic heterocycles. The van der Waals surface area contributed by atoms with Gasteiger partial charge in [0, 0.05) is 28.4 Å². The summed E-state index contributed by atoms with van der Waals surface area (Å²) in [5, 5.41) is 3.13. The van der Waals surface area contributed by atoms with Gasteiger partial charge in [0.15, 0.2) is 0 Å². The van der Waals surface area contributed by atoms with Crippen molar-refractivity contribution in [1.29, 1.82) is 0 Å². The average molecular weight is 259 g/mol. The van der Waals surface area contributed by atoms with E-state index in [4.69, 9.17) is 17.3 Å². The lowest BCUT2D eigenvalue weighted by molar-refractivity contribution is 0.731. The number of nitrogens with two attached hydrogens (primary N) is 1. The zero-order valence-electron chi connectivity index (χ0n) is 8.24. The Hall–Kier alpha value is -0.420. The minimum absolute atomic E-state index is 0.00745. The Balaban J connectivity index is 2.06. The SMILES string of the molecule is Cc1csc(CC(N)c2ccc(Cl)s2)n1. The highest BCUT2D eigenvalue weighted by Gasteiger charge is 2.11. The van der Waals surface area contributed by atoms with Crippen LogP contribution < -0.4 is 5.73 Å². The summed E-state index contributed by atoms with van der Waals surface area (Å²) in [4.78, 5) is 5.51. The summed E-state index contributed by atoms with van der Waals surface area (Å²) >= 11 is 9.06. The molecule has 0 radical (unpaired) electrons. The molecule has 5 heteroatoms. The van der Waals surface area contributed by atoms with E-state index in [1.165, 1.54) is 11.3 Å². The molecule has 1 unspecified atom stereocenters. The highest BCUT2D eigenvalue weighted by Crippen LogP contribution is 2.28. The van der Waals surface area contributed by atoms with Gasteiger partial charge < -0.3 is 5.73 Å². The van der Waals surface area contributed by atoms with Gasteiger partial charge in [-0.05, 0) is 19.1 Å². The highest BCUT2D eigenvalue weighted by molar-refractivity contribution is 7.16. The number of thiophene rings is 1. The number of halogens is 1. The molecule has 0 aliphatic rings. The van der Waals surface area contributed by atoms with E-state index in [-0.39, 0.29) is 6.04 Å². The standard InChI is InChI=1S/C10H11ClN2S2/c1-6-5-14-10(13-6)4-7(12)8-2-3-9(11)15-8/h2-3,5,7H,4,12H2,1H3. The maximum atomic E-state index is 6.07. The largest absolute Gasteiger partial charge is 0.323 e. The molecule has 15 heavy (non-hydrogen) atoms. The topological polar surface area (TPSA) is 38.9 Å². The molecule has 0 bridgehead atoms. The molecule has 0 saturated heterocycles. The van der Waals surface area contributed by atoms with E-state index in [2.05, 4.69) is 4.98 Å². The molecule has 0 saturated carbocycles. The Kier molecular flexibility index (Phi) is 3.41. The van der Waals surface area contributed by atoms with Gasteiger partial charge in [0.1, 0.15) is 0 Å². The maximum absolute atomic E-state index is 6.07. The first-order valence-corrected chi connectivity index (χ1v) is 6.64. The Morgan fingerprint density at radius 1 is 1.53 bits per heavy atom. The maximum Gasteiger partial charge on any atom is 0.0947 e. The molecule has 0 fully saturated rings. The monoisotopic (exact) mass is 258 g/mol. The van der Waals surface area contributed by atoms with Crippen molar-refractivity contribution in [2.24, 2.45) is 5.73 Å². The predicted molar refractivity (Wildman–Crippen MR) is 66.8 cm³/mol. The van der Waals surface area contributed by atoms with Crippen LogP contribution in [0.3, 0.4) is 0 Å². The van der Waals surface area contributed by atoms with Gasteiger partial charge in [0.2, 0.25) is 0 Å². The molecule has 2 aromatic rings. The zero-order valence-corrected chi connectivity index (χ0v) is 10.6. The number of aromatic nitrogens is 1. The lowest BCUT2D eigenvalue weighted by Gasteiger charge is -2.06. The summed E-state index contributed by atoms with van der Waals surface area (Å²) in [6.07, 6.45) is 0.787. The molecular formula is C10H11ClN2S2. The fraction of sp³-hybridized carbons (Fsp3) is 0.300. The second-order valence-electron chi connectivity index (χ2n) is 3.34. The second-order valence-corrected chi connectivity index (χ2v) is 6.02. The third-order valence-electron chi connectivity index (χ3n) is 2.02. The van der Waals surface area contributed by atoms with E-state index in [1.807, 2.05) is 24.4 Å². The van der Waals surface area contributed by atoms with Crippen LogP contribution in [0.1, 0.15) is 21.6 Å². The molecule has 2 heterocycles. The minimum Gasteiger partial charge on any atom is -0.323 e. The van der Waals surface area contributed by atoms with Gasteiger partial charge in [-0.25, -0.2) is 4.98 Å². The Bertz CT molecular complexity index is 450. The van der Waals surface area contributed by atoms with Crippen LogP contribution in [0.5, 0.6) is 0 Å². The third kappa shape index (κ3) is 2.78. The Morgan fingerprint density at radius 2 is 2.33 bits per heavy atom. The van der Waals surface area contributed by atoms with Crippen molar-refractivity contribution >= 4 is 34.3 Å². The van der Waals surface area contributed by atoms with E-state index in [0.29, 0.717) is 0 Å². The third-order valence-corrected chi connectivity index (χ3v) is 4.37. The molecule has 2 nitrogen and oxygen atoms in total. The summed E-state index contributed by atoms with van der Waals surface area (Å²) in [6, 6.07) is 3.88. The molecule has 2 rings (SSSR count). The van der Waals surface area contributed by atoms with Crippen molar-refractivity contribution in [1.82, 2.24) is 4.98 Å². The first-order chi connectivity index (χ1) is 7.15. The molecule has 0 spiro atoms. The van der Waals surface area contributed by atoms with Crippen molar-refractivity contribution in [2.75, 3.05) is 0 Å². The van der Waals surface area contributed by atoms with Crippen LogP contribution in [0.25, 0.3) is 0 Å². The molecule has 80 valence electrons. The average Bonchev–Trinajstić information content (AvgIpc) is 2.75. The van der Waals surface area contributed by atoms with Gasteiger partial charge in [-0.1, -0.05) is 11.6 Å². The van der Waals surface area contributed by atoms with Crippen molar-refractivity contribution in [3.63, 3.8) is 0 Å². The van der Waals surface area contributed by atoms with Crippen molar-refractivity contribution < 1.29 is 0 Å². The van der Waals surface area contributed by atoms with E-state index in [1.54, 1.807) is 11.3 Å². The minimum atomic E-state index is 0.00745. The summed E-state index contributed by atoms with van der Waals surface area (Å²) in [7, 11) is 0. The Morgan fingerprint density at radius 3 is 2.87 bits per heavy atom. The van der Waals surface area contributed by atoms with Crippen LogP contribution >= 0.6 is 34.3 Å². The molecular weight excluding hydrogens is 248 g/mol. The van der Waals surface area contributed by atoms with Crippen LogP contribution in [0.4, 0.5) is 0 Å². The number of rotatable bonds is 3. The molecule has 0 aromatic carbocycles. The normalized spacial score (nSPS) is 13.0. The fourth-order valence-electron chi connectivity index (χ4n) is 1.31. The van der Waals surface area contributed by atoms with Crippen molar-refractivity contribution in [3.05, 3.63) is 37.4 Å². The van der Waals surface area contributed by atoms with E-state index < -0.39 is 0 Å². The number of hydrogen-bond acceptors (Lipinski definition) is 4. The van der Waals surface area contributed by atoms with Gasteiger partial charge in [0.05, 0.1) is 9.34 Å². The fourth-order valence-corrected chi connectivity index (χ4v) is 3.21. The zero-order chi connectivity index (χ0) is 10.8. The summed E-state index contributed by atoms with van der Waals surface area (Å²) in [5.74, 6) is 0. The number of hydrogen-bond donors (Lipinski definition) is 1. The quantitative estimate of drug-likeness (QED) is 0.916. The van der Waals surface area contributed by atoms with Crippen molar-refractivity contribution in [2.45, 2.75) is 19.4 Å². The first kappa shape index (κ1) is 11.1. The van der Waals surface area contributed by atoms with E-state index in [0.717, 1.165) is 26.3 Å². The number of aryl methyl sites for hydroxylation is 1. The molecule has 1 atom stereocenters. The summed E-state index contributed by atoms with van der Waals surface area (Å²) in [6.45, 7) is 1.99. The summed E-state index contributed by atoms with van der Waals surface area (Å²) < 4.78 is 0.788. The van der Waals surface area contributed by atoms with Gasteiger partial charge in [0.25, 0.3) is 0 Å². The smallest absolute Gasteiger partial charge is 0.0947 e. The van der Waals surface area contributed by atoms with Gasteiger partial charge in [-0.15, -0.1) is 22.7 Å². The van der Waals surface area contributed by atoms with Crippen molar-refractivity contribution in [3.8, 4) is 0 Å². The van der Waals surface area contributed by atoms with E-state index in [9.17, 15) is 0 Å². The Labute approximate surface area is 102 Å². The first-order valence-electron chi connectivity index (χ1n) is 4.57. The molecule has 0 aliphatic carbocycles. The van der Waals surface area contributed by atoms with Crippen LogP contribution in [-0.2, 0) is 6.42 Å². The van der Waals surface area contributed by atoms with Crippen LogP contribution in [0.2, 0.25) is 4.34 Å². The molecule has 0 amide bonds. The van der Waals surface area contributed by atoms with E-state index >= 15 is 0 Å². The predicted octanol–water partition coefficient (Wildman–Crippen LogP) is 3.41. The second kappa shape index (κ2) is 4.61. The lowest BCUT2D eigenvalue weighted by Crippen LogP contribution is -2.11. The van der Waals surface area contributed by atoms with Crippen LogP contribution in [-0.4, -0.2) is 4.98 Å². The van der Waals surface area contributed by atoms with Crippen LogP contribution in [0, 0.1) is 6.92 Å². The highest BCUT2D eigenvalue weighted by atomic mass is 35.5. The summed E-state index contributed by atoms with van der Waals surface area (Å²) in [5.41, 5.74) is 7.13. The van der Waals surface area contributed by atoms with Gasteiger partial charge >= 0.3 is 0 Å².